The van der Waals surface area contributed by atoms with Crippen LogP contribution in [0.2, 0.25) is 0 Å². The molecule has 0 atom stereocenters. The van der Waals surface area contributed by atoms with Crippen molar-refractivity contribution in [3.8, 4) is 0 Å². The number of rotatable bonds is 5. The SMILES string of the molecule is CN=C(NCCn1cc(C)cn1)N1CCN(Cc2ccc(Br)s2)CC1.I. The fourth-order valence-electron chi connectivity index (χ4n) is 2.98. The minimum Gasteiger partial charge on any atom is -0.354 e. The van der Waals surface area contributed by atoms with Crippen LogP contribution in [0.4, 0.5) is 0 Å². The highest BCUT2D eigenvalue weighted by molar-refractivity contribution is 14.0. The molecular formula is C17H26BrIN6S. The number of nitrogens with zero attached hydrogens (tertiary/aromatic N) is 5. The van der Waals surface area contributed by atoms with Gasteiger partial charge in [-0.25, -0.2) is 0 Å². The maximum Gasteiger partial charge on any atom is 0.193 e. The molecule has 0 radical (unpaired) electrons. The van der Waals surface area contributed by atoms with Gasteiger partial charge >= 0.3 is 0 Å². The number of hydrogen-bond donors (Lipinski definition) is 1. The van der Waals surface area contributed by atoms with E-state index in [4.69, 9.17) is 0 Å². The summed E-state index contributed by atoms with van der Waals surface area (Å²) in [4.78, 5) is 10.7. The van der Waals surface area contributed by atoms with Gasteiger partial charge in [0, 0.05) is 57.4 Å². The Morgan fingerprint density at radius 2 is 2.08 bits per heavy atom. The molecule has 0 aliphatic carbocycles. The largest absolute Gasteiger partial charge is 0.354 e. The summed E-state index contributed by atoms with van der Waals surface area (Å²) in [6.07, 6.45) is 3.95. The molecule has 0 amide bonds. The number of aliphatic imine (C=N–C) groups is 1. The first kappa shape index (κ1) is 21.6. The zero-order valence-corrected chi connectivity index (χ0v) is 19.9. The molecule has 1 fully saturated rings. The molecule has 6 nitrogen and oxygen atoms in total. The number of nitrogens with one attached hydrogen (secondary N) is 1. The Balaban J connectivity index is 0.00000243. The Hall–Kier alpha value is -0.650. The third-order valence-corrected chi connectivity index (χ3v) is 5.89. The van der Waals surface area contributed by atoms with Crippen LogP contribution in [0.3, 0.4) is 0 Å². The number of hydrogen-bond acceptors (Lipinski definition) is 4. The molecule has 0 saturated carbocycles. The lowest BCUT2D eigenvalue weighted by molar-refractivity contribution is 0.173. The van der Waals surface area contributed by atoms with E-state index in [1.54, 1.807) is 0 Å². The lowest BCUT2D eigenvalue weighted by Crippen LogP contribution is -2.52. The zero-order chi connectivity index (χ0) is 17.6. The van der Waals surface area contributed by atoms with E-state index < -0.39 is 0 Å². The van der Waals surface area contributed by atoms with Crippen molar-refractivity contribution in [3.05, 3.63) is 38.8 Å². The maximum absolute atomic E-state index is 4.44. The first-order chi connectivity index (χ1) is 12.1. The summed E-state index contributed by atoms with van der Waals surface area (Å²) in [7, 11) is 1.86. The fraction of sp³-hybridized carbons (Fsp3) is 0.529. The summed E-state index contributed by atoms with van der Waals surface area (Å²) in [6.45, 7) is 8.92. The summed E-state index contributed by atoms with van der Waals surface area (Å²) in [5.41, 5.74) is 1.19. The molecule has 144 valence electrons. The van der Waals surface area contributed by atoms with Crippen molar-refractivity contribution in [2.75, 3.05) is 39.8 Å². The van der Waals surface area contributed by atoms with Crippen molar-refractivity contribution >= 4 is 57.2 Å². The third kappa shape index (κ3) is 6.21. The van der Waals surface area contributed by atoms with Crippen LogP contribution in [-0.2, 0) is 13.1 Å². The van der Waals surface area contributed by atoms with E-state index in [2.05, 4.69) is 66.4 Å². The second-order valence-electron chi connectivity index (χ2n) is 6.22. The average Bonchev–Trinajstić information content (AvgIpc) is 3.21. The van der Waals surface area contributed by atoms with Crippen LogP contribution in [0, 0.1) is 6.92 Å². The number of guanidine groups is 1. The Morgan fingerprint density at radius 3 is 2.65 bits per heavy atom. The molecule has 2 aromatic rings. The topological polar surface area (TPSA) is 48.7 Å². The lowest BCUT2D eigenvalue weighted by Gasteiger charge is -2.36. The van der Waals surface area contributed by atoms with Crippen LogP contribution < -0.4 is 5.32 Å². The van der Waals surface area contributed by atoms with Gasteiger partial charge in [-0.05, 0) is 40.5 Å². The predicted molar refractivity (Wildman–Crippen MR) is 123 cm³/mol. The molecular weight excluding hydrogens is 527 g/mol. The first-order valence-electron chi connectivity index (χ1n) is 8.55. The lowest BCUT2D eigenvalue weighted by atomic mass is 10.3. The summed E-state index contributed by atoms with van der Waals surface area (Å²) in [5.74, 6) is 0.988. The summed E-state index contributed by atoms with van der Waals surface area (Å²) in [6, 6.07) is 4.34. The van der Waals surface area contributed by atoms with Gasteiger partial charge in [0.05, 0.1) is 16.5 Å². The third-order valence-electron chi connectivity index (χ3n) is 4.28. The maximum atomic E-state index is 4.44. The molecule has 1 aliphatic rings. The summed E-state index contributed by atoms with van der Waals surface area (Å²) >= 11 is 5.36. The second-order valence-corrected chi connectivity index (χ2v) is 8.77. The molecule has 9 heteroatoms. The molecule has 1 N–H and O–H groups in total. The summed E-state index contributed by atoms with van der Waals surface area (Å²) < 4.78 is 3.17. The molecule has 0 unspecified atom stereocenters. The molecule has 3 heterocycles. The highest BCUT2D eigenvalue weighted by Crippen LogP contribution is 2.23. The van der Waals surface area contributed by atoms with Crippen molar-refractivity contribution in [3.63, 3.8) is 0 Å². The smallest absolute Gasteiger partial charge is 0.193 e. The zero-order valence-electron chi connectivity index (χ0n) is 15.2. The van der Waals surface area contributed by atoms with Crippen molar-refractivity contribution in [1.82, 2.24) is 24.9 Å². The molecule has 1 aliphatic heterocycles. The van der Waals surface area contributed by atoms with E-state index in [9.17, 15) is 0 Å². The van der Waals surface area contributed by atoms with Gasteiger partial charge in [-0.15, -0.1) is 35.3 Å². The van der Waals surface area contributed by atoms with Gasteiger partial charge in [0.2, 0.25) is 0 Å². The van der Waals surface area contributed by atoms with Gasteiger partial charge in [-0.1, -0.05) is 0 Å². The van der Waals surface area contributed by atoms with E-state index in [0.29, 0.717) is 0 Å². The van der Waals surface area contributed by atoms with Gasteiger partial charge in [-0.3, -0.25) is 14.6 Å². The van der Waals surface area contributed by atoms with Crippen molar-refractivity contribution in [2.24, 2.45) is 4.99 Å². The van der Waals surface area contributed by atoms with E-state index in [1.807, 2.05) is 29.3 Å². The van der Waals surface area contributed by atoms with Crippen molar-refractivity contribution < 1.29 is 0 Å². The van der Waals surface area contributed by atoms with Crippen LogP contribution >= 0.6 is 51.2 Å². The highest BCUT2D eigenvalue weighted by Gasteiger charge is 2.19. The molecule has 3 rings (SSSR count). The molecule has 0 bridgehead atoms. The molecule has 2 aromatic heterocycles. The fourth-order valence-corrected chi connectivity index (χ4v) is 4.50. The van der Waals surface area contributed by atoms with Crippen LogP contribution in [0.15, 0.2) is 33.3 Å². The number of aryl methyl sites for hydroxylation is 1. The van der Waals surface area contributed by atoms with E-state index in [0.717, 1.165) is 51.8 Å². The molecule has 0 spiro atoms. The Labute approximate surface area is 184 Å². The summed E-state index contributed by atoms with van der Waals surface area (Å²) in [5, 5.41) is 7.77. The van der Waals surface area contributed by atoms with Crippen molar-refractivity contribution in [2.45, 2.75) is 20.0 Å². The normalized spacial score (nSPS) is 15.8. The van der Waals surface area contributed by atoms with Gasteiger partial charge in [0.1, 0.15) is 0 Å². The number of aromatic nitrogens is 2. The van der Waals surface area contributed by atoms with E-state index >= 15 is 0 Å². The quantitative estimate of drug-likeness (QED) is 0.352. The van der Waals surface area contributed by atoms with Crippen LogP contribution in [0.5, 0.6) is 0 Å². The van der Waals surface area contributed by atoms with Crippen molar-refractivity contribution in [1.29, 1.82) is 0 Å². The Morgan fingerprint density at radius 1 is 1.31 bits per heavy atom. The first-order valence-corrected chi connectivity index (χ1v) is 10.2. The number of thiophene rings is 1. The minimum atomic E-state index is 0. The minimum absolute atomic E-state index is 0. The Bertz CT molecular complexity index is 708. The highest BCUT2D eigenvalue weighted by atomic mass is 127. The Kier molecular flexibility index (Phi) is 8.85. The monoisotopic (exact) mass is 552 g/mol. The molecule has 0 aromatic carbocycles. The average molecular weight is 553 g/mol. The van der Waals surface area contributed by atoms with Gasteiger partial charge in [0.15, 0.2) is 5.96 Å². The standard InChI is InChI=1S/C17H25BrN6S.HI/c1-14-11-21-24(12-14)6-5-20-17(19-2)23-9-7-22(8-10-23)13-15-3-4-16(18)25-15;/h3-4,11-12H,5-10,13H2,1-2H3,(H,19,20);1H. The van der Waals surface area contributed by atoms with Gasteiger partial charge in [-0.2, -0.15) is 5.10 Å². The molecule has 1 saturated heterocycles. The second kappa shape index (κ2) is 10.6. The van der Waals surface area contributed by atoms with Gasteiger partial charge in [0.25, 0.3) is 0 Å². The van der Waals surface area contributed by atoms with Crippen LogP contribution in [0.25, 0.3) is 0 Å². The molecule has 26 heavy (non-hydrogen) atoms. The van der Waals surface area contributed by atoms with E-state index in [1.165, 1.54) is 14.2 Å². The van der Waals surface area contributed by atoms with E-state index in [-0.39, 0.29) is 24.0 Å². The number of halogens is 2. The van der Waals surface area contributed by atoms with Gasteiger partial charge < -0.3 is 10.2 Å². The van der Waals surface area contributed by atoms with Crippen LogP contribution in [-0.4, -0.2) is 65.3 Å². The van der Waals surface area contributed by atoms with Crippen LogP contribution in [0.1, 0.15) is 10.4 Å². The predicted octanol–water partition coefficient (Wildman–Crippen LogP) is 3.03. The number of piperazine rings is 1.